The van der Waals surface area contributed by atoms with Crippen LogP contribution in [-0.4, -0.2) is 11.1 Å². The van der Waals surface area contributed by atoms with Gasteiger partial charge in [0.15, 0.2) is 5.17 Å². The normalized spacial score (nSPS) is 10.0. The van der Waals surface area contributed by atoms with Gasteiger partial charge in [-0.3, -0.25) is 10.2 Å². The average molecular weight is 403 g/mol. The third-order valence-electron chi connectivity index (χ3n) is 3.27. The minimum absolute atomic E-state index is 0.00898. The molecule has 122 valence electrons. The summed E-state index contributed by atoms with van der Waals surface area (Å²) in [6, 6.07) is 14.5. The number of carbonyl (C=O) groups excluding carboxylic acids is 1. The molecule has 0 aliphatic heterocycles. The van der Waals surface area contributed by atoms with E-state index in [-0.39, 0.29) is 11.1 Å². The highest BCUT2D eigenvalue weighted by atomic mass is 79.9. The third-order valence-corrected chi connectivity index (χ3v) is 4.76. The first-order valence-corrected chi connectivity index (χ1v) is 8.80. The quantitative estimate of drug-likeness (QED) is 0.526. The largest absolute Gasteiger partial charge is 0.379 e. The number of benzene rings is 2. The molecular formula is C17H15BrN4OS. The summed E-state index contributed by atoms with van der Waals surface area (Å²) in [4.78, 5) is 12.5. The maximum atomic E-state index is 12.5. The van der Waals surface area contributed by atoms with Crippen LogP contribution in [0.4, 0.5) is 0 Å². The first-order chi connectivity index (χ1) is 11.5. The van der Waals surface area contributed by atoms with Crippen LogP contribution in [0.3, 0.4) is 0 Å². The Morgan fingerprint density at radius 1 is 1.29 bits per heavy atom. The van der Waals surface area contributed by atoms with Crippen LogP contribution in [0.25, 0.3) is 0 Å². The Hall–Kier alpha value is -2.30. The van der Waals surface area contributed by atoms with Crippen molar-refractivity contribution in [1.82, 2.24) is 5.32 Å². The monoisotopic (exact) mass is 402 g/mol. The van der Waals surface area contributed by atoms with Gasteiger partial charge in [0.1, 0.15) is 0 Å². The van der Waals surface area contributed by atoms with Crippen LogP contribution in [-0.2, 0) is 12.3 Å². The van der Waals surface area contributed by atoms with E-state index in [0.717, 1.165) is 15.6 Å². The number of carbonyl (C=O) groups is 1. The predicted octanol–water partition coefficient (Wildman–Crippen LogP) is 3.38. The van der Waals surface area contributed by atoms with Gasteiger partial charge >= 0.3 is 0 Å². The summed E-state index contributed by atoms with van der Waals surface area (Å²) < 4.78 is 0.808. The van der Waals surface area contributed by atoms with Gasteiger partial charge in [0.2, 0.25) is 0 Å². The molecule has 5 nitrogen and oxygen atoms in total. The second-order valence-corrected chi connectivity index (χ2v) is 6.78. The first kappa shape index (κ1) is 18.0. The van der Waals surface area contributed by atoms with Gasteiger partial charge < -0.3 is 11.1 Å². The summed E-state index contributed by atoms with van der Waals surface area (Å²) >= 11 is 4.61. The molecule has 0 radical (unpaired) electrons. The zero-order chi connectivity index (χ0) is 17.5. The number of halogens is 1. The maximum Gasteiger partial charge on any atom is 0.251 e. The van der Waals surface area contributed by atoms with E-state index in [1.807, 2.05) is 18.2 Å². The highest BCUT2D eigenvalue weighted by molar-refractivity contribution is 9.10. The molecule has 2 aromatic rings. The molecule has 0 unspecified atom stereocenters. The molecule has 0 aliphatic carbocycles. The third kappa shape index (κ3) is 4.85. The fraction of sp³-hybridized carbons (Fsp3) is 0.118. The van der Waals surface area contributed by atoms with Crippen LogP contribution in [0.5, 0.6) is 0 Å². The molecule has 0 spiro atoms. The molecule has 0 saturated heterocycles. The van der Waals surface area contributed by atoms with Crippen LogP contribution in [0.1, 0.15) is 27.0 Å². The van der Waals surface area contributed by atoms with E-state index in [2.05, 4.69) is 27.3 Å². The smallest absolute Gasteiger partial charge is 0.251 e. The molecule has 0 fully saturated rings. The maximum absolute atomic E-state index is 12.5. The number of nitrogens with zero attached hydrogens (tertiary/aromatic N) is 1. The summed E-state index contributed by atoms with van der Waals surface area (Å²) in [5.74, 6) is 0.246. The Balaban J connectivity index is 2.09. The summed E-state index contributed by atoms with van der Waals surface area (Å²) in [7, 11) is 0. The minimum Gasteiger partial charge on any atom is -0.379 e. The minimum atomic E-state index is -0.195. The summed E-state index contributed by atoms with van der Waals surface area (Å²) in [6.07, 6.45) is 0. The molecule has 24 heavy (non-hydrogen) atoms. The highest BCUT2D eigenvalue weighted by Crippen LogP contribution is 2.25. The molecule has 0 heterocycles. The van der Waals surface area contributed by atoms with Gasteiger partial charge in [-0.1, -0.05) is 45.9 Å². The summed E-state index contributed by atoms with van der Waals surface area (Å²) in [6.45, 7) is 0.371. The second-order valence-electron chi connectivity index (χ2n) is 4.91. The SMILES string of the molecule is N#Cc1ccc(CNC(=O)c2cccc(Br)c2CSC(=N)N)cc1. The first-order valence-electron chi connectivity index (χ1n) is 7.02. The van der Waals surface area contributed by atoms with Gasteiger partial charge in [0.25, 0.3) is 5.91 Å². The van der Waals surface area contributed by atoms with E-state index in [1.54, 1.807) is 24.3 Å². The van der Waals surface area contributed by atoms with Gasteiger partial charge in [-0.2, -0.15) is 5.26 Å². The van der Waals surface area contributed by atoms with E-state index in [0.29, 0.717) is 23.4 Å². The average Bonchev–Trinajstić information content (AvgIpc) is 2.58. The Morgan fingerprint density at radius 3 is 2.62 bits per heavy atom. The van der Waals surface area contributed by atoms with Crippen molar-refractivity contribution >= 4 is 38.8 Å². The highest BCUT2D eigenvalue weighted by Gasteiger charge is 2.14. The lowest BCUT2D eigenvalue weighted by Gasteiger charge is -2.12. The van der Waals surface area contributed by atoms with Crippen LogP contribution < -0.4 is 11.1 Å². The van der Waals surface area contributed by atoms with Crippen molar-refractivity contribution in [2.24, 2.45) is 5.73 Å². The number of nitrogens with two attached hydrogens (primary N) is 1. The molecule has 7 heteroatoms. The van der Waals surface area contributed by atoms with Crippen molar-refractivity contribution in [3.05, 3.63) is 69.2 Å². The lowest BCUT2D eigenvalue weighted by atomic mass is 10.1. The molecule has 2 aromatic carbocycles. The van der Waals surface area contributed by atoms with E-state index in [4.69, 9.17) is 16.4 Å². The summed E-state index contributed by atoms with van der Waals surface area (Å²) in [5, 5.41) is 19.0. The Bertz CT molecular complexity index is 799. The molecule has 0 aromatic heterocycles. The van der Waals surface area contributed by atoms with Crippen molar-refractivity contribution < 1.29 is 4.79 Å². The molecule has 0 aliphatic rings. The van der Waals surface area contributed by atoms with E-state index < -0.39 is 0 Å². The van der Waals surface area contributed by atoms with Gasteiger partial charge in [0, 0.05) is 22.3 Å². The van der Waals surface area contributed by atoms with Gasteiger partial charge in [-0.25, -0.2) is 0 Å². The van der Waals surface area contributed by atoms with Crippen LogP contribution >= 0.6 is 27.7 Å². The Morgan fingerprint density at radius 2 is 2.00 bits per heavy atom. The molecule has 1 amide bonds. The molecular weight excluding hydrogens is 388 g/mol. The zero-order valence-corrected chi connectivity index (χ0v) is 15.1. The number of hydrogen-bond acceptors (Lipinski definition) is 4. The number of hydrogen-bond donors (Lipinski definition) is 3. The lowest BCUT2D eigenvalue weighted by Crippen LogP contribution is -2.24. The fourth-order valence-corrected chi connectivity index (χ4v) is 3.35. The number of amides is 1. The molecule has 2 rings (SSSR count). The van der Waals surface area contributed by atoms with Gasteiger partial charge in [0.05, 0.1) is 11.6 Å². The Labute approximate surface area is 152 Å². The van der Waals surface area contributed by atoms with Crippen molar-refractivity contribution in [2.45, 2.75) is 12.3 Å². The van der Waals surface area contributed by atoms with Gasteiger partial charge in [-0.05, 0) is 35.4 Å². The standard InChI is InChI=1S/C17H15BrN4OS/c18-15-3-1-2-13(14(15)10-24-17(20)21)16(23)22-9-12-6-4-11(8-19)5-7-12/h1-7H,9-10H2,(H3,20,21)(H,22,23). The predicted molar refractivity (Wildman–Crippen MR) is 99.7 cm³/mol. The number of amidine groups is 1. The molecule has 4 N–H and O–H groups in total. The number of nitrogens with one attached hydrogen (secondary N) is 2. The fourth-order valence-electron chi connectivity index (χ4n) is 2.04. The molecule has 0 saturated carbocycles. The molecule has 0 bridgehead atoms. The van der Waals surface area contributed by atoms with Crippen molar-refractivity contribution in [2.75, 3.05) is 0 Å². The topological polar surface area (TPSA) is 103 Å². The van der Waals surface area contributed by atoms with Crippen LogP contribution in [0, 0.1) is 16.7 Å². The van der Waals surface area contributed by atoms with E-state index in [1.165, 1.54) is 11.8 Å². The van der Waals surface area contributed by atoms with Crippen molar-refractivity contribution in [1.29, 1.82) is 10.7 Å². The van der Waals surface area contributed by atoms with E-state index in [9.17, 15) is 4.79 Å². The van der Waals surface area contributed by atoms with E-state index >= 15 is 0 Å². The zero-order valence-electron chi connectivity index (χ0n) is 12.7. The van der Waals surface area contributed by atoms with Crippen molar-refractivity contribution in [3.8, 4) is 6.07 Å². The number of rotatable bonds is 5. The number of nitriles is 1. The Kier molecular flexibility index (Phi) is 6.41. The summed E-state index contributed by atoms with van der Waals surface area (Å²) in [5.41, 5.74) is 8.23. The molecule has 0 atom stereocenters. The van der Waals surface area contributed by atoms with Crippen molar-refractivity contribution in [3.63, 3.8) is 0 Å². The second kappa shape index (κ2) is 8.52. The number of thioether (sulfide) groups is 1. The van der Waals surface area contributed by atoms with Crippen LogP contribution in [0.2, 0.25) is 0 Å². The van der Waals surface area contributed by atoms with Gasteiger partial charge in [-0.15, -0.1) is 0 Å². The van der Waals surface area contributed by atoms with Crippen LogP contribution in [0.15, 0.2) is 46.9 Å². The lowest BCUT2D eigenvalue weighted by molar-refractivity contribution is 0.0950.